The molecule has 4 nitrogen and oxygen atoms in total. The van der Waals surface area contributed by atoms with Crippen molar-refractivity contribution in [1.82, 2.24) is 4.90 Å². The predicted molar refractivity (Wildman–Crippen MR) is 57.8 cm³/mol. The van der Waals surface area contributed by atoms with Crippen molar-refractivity contribution in [1.29, 1.82) is 0 Å². The second-order valence-electron chi connectivity index (χ2n) is 4.27. The number of thioether (sulfide) groups is 1. The molecule has 2 aliphatic rings. The van der Waals surface area contributed by atoms with Crippen molar-refractivity contribution in [3.8, 4) is 0 Å². The van der Waals surface area contributed by atoms with Gasteiger partial charge >= 0.3 is 5.97 Å². The van der Waals surface area contributed by atoms with Gasteiger partial charge in [-0.1, -0.05) is 0 Å². The summed E-state index contributed by atoms with van der Waals surface area (Å²) in [6.45, 7) is 0.900. The molecule has 1 saturated carbocycles. The van der Waals surface area contributed by atoms with Crippen LogP contribution in [0.15, 0.2) is 0 Å². The van der Waals surface area contributed by atoms with Crippen LogP contribution < -0.4 is 0 Å². The van der Waals surface area contributed by atoms with Crippen LogP contribution in [-0.2, 0) is 9.59 Å². The number of aliphatic carboxylic acids is 1. The molecule has 1 aliphatic heterocycles. The number of rotatable bonds is 4. The molecule has 1 heterocycles. The van der Waals surface area contributed by atoms with E-state index in [2.05, 4.69) is 0 Å². The second-order valence-corrected chi connectivity index (χ2v) is 5.25. The van der Waals surface area contributed by atoms with Crippen LogP contribution in [0.2, 0.25) is 0 Å². The van der Waals surface area contributed by atoms with Crippen LogP contribution in [0.1, 0.15) is 19.3 Å². The van der Waals surface area contributed by atoms with Gasteiger partial charge in [-0.3, -0.25) is 9.59 Å². The van der Waals surface area contributed by atoms with Gasteiger partial charge in [0.2, 0.25) is 5.91 Å². The third-order valence-electron chi connectivity index (χ3n) is 3.18. The molecule has 2 bridgehead atoms. The predicted octanol–water partition coefficient (Wildman–Crippen LogP) is 0.815. The van der Waals surface area contributed by atoms with Crippen LogP contribution in [0.5, 0.6) is 0 Å². The summed E-state index contributed by atoms with van der Waals surface area (Å²) in [6.07, 6.45) is 3.56. The molecule has 1 N–H and O–H groups in total. The molecule has 0 aromatic rings. The number of nitrogens with zero attached hydrogens (tertiary/aromatic N) is 1. The van der Waals surface area contributed by atoms with Crippen LogP contribution in [0, 0.1) is 5.92 Å². The zero-order valence-electron chi connectivity index (χ0n) is 8.52. The summed E-state index contributed by atoms with van der Waals surface area (Å²) in [5, 5.41) is 8.45. The fraction of sp³-hybridized carbons (Fsp3) is 0.800. The van der Waals surface area contributed by atoms with Crippen molar-refractivity contribution < 1.29 is 14.7 Å². The Morgan fingerprint density at radius 1 is 1.33 bits per heavy atom. The number of fused-ring (bicyclic) bond motifs is 2. The number of carbonyl (C=O) groups is 2. The van der Waals surface area contributed by atoms with E-state index in [1.165, 1.54) is 18.2 Å². The lowest BCUT2D eigenvalue weighted by molar-refractivity contribution is -0.133. The molecule has 1 aliphatic carbocycles. The monoisotopic (exact) mass is 229 g/mol. The Morgan fingerprint density at radius 3 is 2.67 bits per heavy atom. The van der Waals surface area contributed by atoms with Crippen LogP contribution in [0.4, 0.5) is 0 Å². The van der Waals surface area contributed by atoms with E-state index in [4.69, 9.17) is 5.11 Å². The van der Waals surface area contributed by atoms with Crippen molar-refractivity contribution in [3.63, 3.8) is 0 Å². The number of piperidine rings is 1. The fourth-order valence-electron chi connectivity index (χ4n) is 2.54. The van der Waals surface area contributed by atoms with Gasteiger partial charge in [-0.2, -0.15) is 0 Å². The quantitative estimate of drug-likeness (QED) is 0.775. The van der Waals surface area contributed by atoms with Crippen molar-refractivity contribution in [2.24, 2.45) is 5.92 Å². The minimum atomic E-state index is -0.851. The first-order valence-corrected chi connectivity index (χ1v) is 6.41. The summed E-state index contributed by atoms with van der Waals surface area (Å²) in [5.74, 6) is 0.316. The fourth-order valence-corrected chi connectivity index (χ4v) is 3.16. The van der Waals surface area contributed by atoms with Gasteiger partial charge < -0.3 is 10.0 Å². The molecule has 0 aromatic heterocycles. The van der Waals surface area contributed by atoms with Gasteiger partial charge in [-0.05, 0) is 25.2 Å². The Bertz CT molecular complexity index is 282. The van der Waals surface area contributed by atoms with E-state index in [0.717, 1.165) is 19.4 Å². The molecular formula is C10H15NO3S. The molecule has 2 rings (SSSR count). The zero-order valence-corrected chi connectivity index (χ0v) is 9.33. The summed E-state index contributed by atoms with van der Waals surface area (Å²) >= 11 is 1.19. The molecule has 84 valence electrons. The number of likely N-dealkylation sites (tertiary alicyclic amines) is 1. The molecule has 2 fully saturated rings. The number of carboxylic acids is 1. The first-order chi connectivity index (χ1) is 7.16. The zero-order chi connectivity index (χ0) is 10.8. The number of hydrogen-bond acceptors (Lipinski definition) is 3. The average molecular weight is 229 g/mol. The third-order valence-corrected chi connectivity index (χ3v) is 4.08. The van der Waals surface area contributed by atoms with Crippen LogP contribution in [0.3, 0.4) is 0 Å². The third kappa shape index (κ3) is 2.45. The number of carboxylic acid groups (broad SMARTS) is 1. The van der Waals surface area contributed by atoms with Crippen molar-refractivity contribution in [2.45, 2.75) is 25.3 Å². The van der Waals surface area contributed by atoms with E-state index in [1.807, 2.05) is 4.90 Å². The minimum Gasteiger partial charge on any atom is -0.481 e. The molecule has 5 heteroatoms. The Labute approximate surface area is 93.0 Å². The molecule has 15 heavy (non-hydrogen) atoms. The van der Waals surface area contributed by atoms with Gasteiger partial charge in [0.15, 0.2) is 0 Å². The Hall–Kier alpha value is -0.710. The molecule has 0 aromatic carbocycles. The van der Waals surface area contributed by atoms with E-state index < -0.39 is 5.97 Å². The molecule has 1 amide bonds. The highest BCUT2D eigenvalue weighted by atomic mass is 32.2. The standard InChI is InChI=1S/C10H15NO3S/c12-9(5-15-6-10(13)14)11-4-7-1-2-8(11)3-7/h7-8H,1-6H2,(H,13,14). The van der Waals surface area contributed by atoms with E-state index in [1.54, 1.807) is 0 Å². The van der Waals surface area contributed by atoms with Crippen molar-refractivity contribution in [2.75, 3.05) is 18.1 Å². The number of hydrogen-bond donors (Lipinski definition) is 1. The molecule has 2 unspecified atom stereocenters. The lowest BCUT2D eigenvalue weighted by Gasteiger charge is -2.26. The van der Waals surface area contributed by atoms with E-state index in [0.29, 0.717) is 17.7 Å². The largest absolute Gasteiger partial charge is 0.481 e. The normalized spacial score (nSPS) is 28.4. The Morgan fingerprint density at radius 2 is 2.13 bits per heavy atom. The maximum Gasteiger partial charge on any atom is 0.313 e. The maximum atomic E-state index is 11.7. The summed E-state index contributed by atoms with van der Waals surface area (Å²) in [7, 11) is 0. The van der Waals surface area contributed by atoms with Gasteiger partial charge in [-0.15, -0.1) is 11.8 Å². The molecule has 0 spiro atoms. The summed E-state index contributed by atoms with van der Waals surface area (Å²) in [6, 6.07) is 0.452. The molecule has 0 radical (unpaired) electrons. The van der Waals surface area contributed by atoms with Gasteiger partial charge in [0, 0.05) is 12.6 Å². The summed E-state index contributed by atoms with van der Waals surface area (Å²) in [4.78, 5) is 24.0. The SMILES string of the molecule is O=C(O)CSCC(=O)N1CC2CCC1C2. The van der Waals surface area contributed by atoms with Gasteiger partial charge in [0.1, 0.15) is 0 Å². The Balaban J connectivity index is 1.74. The first kappa shape index (κ1) is 10.8. The smallest absolute Gasteiger partial charge is 0.313 e. The number of carbonyl (C=O) groups excluding carboxylic acids is 1. The van der Waals surface area contributed by atoms with Gasteiger partial charge in [0.25, 0.3) is 0 Å². The molecular weight excluding hydrogens is 214 g/mol. The van der Waals surface area contributed by atoms with Gasteiger partial charge in [0.05, 0.1) is 11.5 Å². The second kappa shape index (κ2) is 4.43. The van der Waals surface area contributed by atoms with Crippen molar-refractivity contribution in [3.05, 3.63) is 0 Å². The number of amides is 1. The van der Waals surface area contributed by atoms with Crippen LogP contribution in [-0.4, -0.2) is 46.0 Å². The summed E-state index contributed by atoms with van der Waals surface area (Å²) in [5.41, 5.74) is 0. The average Bonchev–Trinajstić information content (AvgIpc) is 2.77. The molecule has 1 saturated heterocycles. The van der Waals surface area contributed by atoms with Crippen LogP contribution >= 0.6 is 11.8 Å². The lowest BCUT2D eigenvalue weighted by atomic mass is 10.1. The van der Waals surface area contributed by atoms with Gasteiger partial charge in [-0.25, -0.2) is 0 Å². The van der Waals surface area contributed by atoms with E-state index >= 15 is 0 Å². The highest BCUT2D eigenvalue weighted by Gasteiger charge is 2.39. The Kier molecular flexibility index (Phi) is 3.19. The first-order valence-electron chi connectivity index (χ1n) is 5.26. The lowest BCUT2D eigenvalue weighted by Crippen LogP contribution is -2.38. The maximum absolute atomic E-state index is 11.7. The van der Waals surface area contributed by atoms with E-state index in [-0.39, 0.29) is 11.7 Å². The molecule has 2 atom stereocenters. The van der Waals surface area contributed by atoms with E-state index in [9.17, 15) is 9.59 Å². The highest BCUT2D eigenvalue weighted by molar-refractivity contribution is 8.00. The highest BCUT2D eigenvalue weighted by Crippen LogP contribution is 2.37. The summed E-state index contributed by atoms with van der Waals surface area (Å²) < 4.78 is 0. The minimum absolute atomic E-state index is 0.0215. The van der Waals surface area contributed by atoms with Crippen LogP contribution in [0.25, 0.3) is 0 Å². The van der Waals surface area contributed by atoms with Crippen molar-refractivity contribution >= 4 is 23.6 Å². The topological polar surface area (TPSA) is 57.6 Å².